The van der Waals surface area contributed by atoms with Gasteiger partial charge in [-0.1, -0.05) is 218 Å². The topological polar surface area (TPSA) is 0 Å². The van der Waals surface area contributed by atoms with E-state index < -0.39 is 0 Å². The van der Waals surface area contributed by atoms with Gasteiger partial charge < -0.3 is 0 Å². The van der Waals surface area contributed by atoms with Gasteiger partial charge in [0.25, 0.3) is 0 Å². The second-order valence-electron chi connectivity index (χ2n) is 21.1. The van der Waals surface area contributed by atoms with E-state index in [0.717, 1.165) is 33.4 Å². The first-order valence-electron chi connectivity index (χ1n) is 26.8. The third-order valence-corrected chi connectivity index (χ3v) is 17.2. The molecular weight excluding hydrogens is 951 g/mol. The predicted octanol–water partition coefficient (Wildman–Crippen LogP) is 21.6. The number of hydrogen-bond donors (Lipinski definition) is 0. The van der Waals surface area contributed by atoms with Gasteiger partial charge in [-0.2, -0.15) is 0 Å². The van der Waals surface area contributed by atoms with Gasteiger partial charge >= 0.3 is 0 Å². The molecule has 0 radical (unpaired) electrons. The van der Waals surface area contributed by atoms with Crippen LogP contribution in [0.15, 0.2) is 255 Å². The fourth-order valence-corrected chi connectivity index (χ4v) is 14.1. The normalized spacial score (nSPS) is 12.2. The van der Waals surface area contributed by atoms with Crippen LogP contribution in [-0.4, -0.2) is 0 Å². The Balaban J connectivity index is 0.959. The number of rotatable bonds is 6. The molecule has 2 aliphatic carbocycles. The van der Waals surface area contributed by atoms with Crippen molar-refractivity contribution in [3.05, 3.63) is 266 Å². The first-order chi connectivity index (χ1) is 38.6. The van der Waals surface area contributed by atoms with Gasteiger partial charge in [0, 0.05) is 0 Å². The van der Waals surface area contributed by atoms with E-state index in [9.17, 15) is 8.78 Å². The standard InChI is InChI=1S/C76H42F2/c77-51-29-25-43(26-30-51)47-17-11-19-49(41-47)67-55-23-9-7-21-53(55)65(45-13-3-1-4-14-45)73-61-37-33-57-60-36-40-64-72-62(38-34-58(70(60)72)59-35-39-63(75(67)73)71(61)69(57)59)74-66(46-15-5-2-6-16-46)54-22-8-10-24-56(54)68(76(64)74)50-20-12-18-48(42-50)44-27-31-52(78)32-28-44/h1-42H. The van der Waals surface area contributed by atoms with Crippen molar-refractivity contribution < 1.29 is 8.78 Å². The summed E-state index contributed by atoms with van der Waals surface area (Å²) in [5.41, 5.74) is 23.5. The zero-order chi connectivity index (χ0) is 51.3. The van der Waals surface area contributed by atoms with E-state index in [2.05, 4.69) is 206 Å². The quantitative estimate of drug-likeness (QED) is 0.115. The maximum Gasteiger partial charge on any atom is 0.123 e. The van der Waals surface area contributed by atoms with Gasteiger partial charge in [0.15, 0.2) is 0 Å². The molecule has 0 saturated carbocycles. The van der Waals surface area contributed by atoms with Crippen molar-refractivity contribution in [3.63, 3.8) is 0 Å². The highest BCUT2D eigenvalue weighted by Gasteiger charge is 2.35. The molecule has 0 saturated heterocycles. The Hall–Kier alpha value is -10.0. The third-order valence-electron chi connectivity index (χ3n) is 17.2. The molecule has 0 aliphatic heterocycles. The molecule has 0 atom stereocenters. The fraction of sp³-hybridized carbons (Fsp3) is 0. The predicted molar refractivity (Wildman–Crippen MR) is 324 cm³/mol. The average molecular weight is 993 g/mol. The van der Waals surface area contributed by atoms with Crippen molar-refractivity contribution in [2.24, 2.45) is 0 Å². The van der Waals surface area contributed by atoms with Gasteiger partial charge in [-0.3, -0.25) is 0 Å². The summed E-state index contributed by atoms with van der Waals surface area (Å²) in [6.07, 6.45) is 0. The van der Waals surface area contributed by atoms with E-state index >= 15 is 0 Å². The van der Waals surface area contributed by atoms with Crippen molar-refractivity contribution in [2.45, 2.75) is 0 Å². The lowest BCUT2D eigenvalue weighted by Crippen LogP contribution is -1.94. The van der Waals surface area contributed by atoms with Crippen LogP contribution in [0.5, 0.6) is 0 Å². The Morgan fingerprint density at radius 2 is 0.449 bits per heavy atom. The fourth-order valence-electron chi connectivity index (χ4n) is 14.1. The van der Waals surface area contributed by atoms with Gasteiger partial charge in [0.2, 0.25) is 0 Å². The van der Waals surface area contributed by atoms with Crippen molar-refractivity contribution in [1.82, 2.24) is 0 Å². The molecule has 0 nitrogen and oxygen atoms in total. The summed E-state index contributed by atoms with van der Waals surface area (Å²) in [6, 6.07) is 90.2. The third kappa shape index (κ3) is 5.97. The van der Waals surface area contributed by atoms with Crippen molar-refractivity contribution >= 4 is 64.6 Å². The van der Waals surface area contributed by atoms with E-state index in [1.807, 2.05) is 24.3 Å². The molecule has 0 amide bonds. The van der Waals surface area contributed by atoms with Crippen LogP contribution in [0.1, 0.15) is 0 Å². The van der Waals surface area contributed by atoms with E-state index in [0.29, 0.717) is 0 Å². The largest absolute Gasteiger partial charge is 0.207 e. The molecule has 0 bridgehead atoms. The number of fused-ring (bicyclic) bond motifs is 10. The van der Waals surface area contributed by atoms with Crippen molar-refractivity contribution in [2.75, 3.05) is 0 Å². The molecule has 0 heterocycles. The van der Waals surface area contributed by atoms with E-state index in [1.165, 1.54) is 143 Å². The summed E-state index contributed by atoms with van der Waals surface area (Å²) in [6.45, 7) is 0. The number of hydrogen-bond acceptors (Lipinski definition) is 0. The average Bonchev–Trinajstić information content (AvgIpc) is 3.88. The summed E-state index contributed by atoms with van der Waals surface area (Å²) in [5, 5.41) is 14.9. The van der Waals surface area contributed by atoms with Gasteiger partial charge in [-0.25, -0.2) is 8.78 Å². The Kier molecular flexibility index (Phi) is 9.01. The van der Waals surface area contributed by atoms with Crippen LogP contribution >= 0.6 is 0 Å². The Morgan fingerprint density at radius 1 is 0.167 bits per heavy atom. The number of halogens is 2. The molecule has 2 aliphatic rings. The van der Waals surface area contributed by atoms with Gasteiger partial charge in [-0.05, 0) is 212 Å². The van der Waals surface area contributed by atoms with Crippen molar-refractivity contribution in [3.8, 4) is 111 Å². The minimum atomic E-state index is -0.243. The van der Waals surface area contributed by atoms with Crippen LogP contribution in [-0.2, 0) is 0 Å². The summed E-state index contributed by atoms with van der Waals surface area (Å²) < 4.78 is 28.5. The van der Waals surface area contributed by atoms with Crippen LogP contribution in [0, 0.1) is 11.6 Å². The molecule has 0 N–H and O–H groups in total. The first-order valence-corrected chi connectivity index (χ1v) is 26.8. The first kappa shape index (κ1) is 43.2. The van der Waals surface area contributed by atoms with Crippen LogP contribution in [0.3, 0.4) is 0 Å². The maximum atomic E-state index is 14.3. The summed E-state index contributed by atoms with van der Waals surface area (Å²) in [4.78, 5) is 0. The Morgan fingerprint density at radius 3 is 0.782 bits per heavy atom. The lowest BCUT2D eigenvalue weighted by Gasteiger charge is -2.21. The van der Waals surface area contributed by atoms with Crippen LogP contribution in [0.4, 0.5) is 8.78 Å². The molecule has 2 heteroatoms. The highest BCUT2D eigenvalue weighted by molar-refractivity contribution is 6.42. The zero-order valence-electron chi connectivity index (χ0n) is 42.0. The van der Waals surface area contributed by atoms with Crippen LogP contribution in [0.25, 0.3) is 176 Å². The highest BCUT2D eigenvalue weighted by Crippen LogP contribution is 2.63. The second-order valence-corrected chi connectivity index (χ2v) is 21.1. The van der Waals surface area contributed by atoms with E-state index in [1.54, 1.807) is 24.3 Å². The van der Waals surface area contributed by atoms with E-state index in [4.69, 9.17) is 0 Å². The summed E-state index contributed by atoms with van der Waals surface area (Å²) in [7, 11) is 0. The SMILES string of the molecule is Fc1ccc(-c2cccc(-c3c4c(c(-c5ccccc5)c5ccccc35)-c3ccc5c6ccc7c8c(ccc(c9ccc-4c3c59)c86)-c3c-7c(-c4cccc(-c5ccc(F)cc5)c4)c4ccccc4c3-c3ccccc3)c2)cc1. The number of benzene rings is 15. The van der Waals surface area contributed by atoms with Gasteiger partial charge in [0.1, 0.15) is 11.6 Å². The lowest BCUT2D eigenvalue weighted by atomic mass is 9.82. The summed E-state index contributed by atoms with van der Waals surface area (Å²) >= 11 is 0. The smallest absolute Gasteiger partial charge is 0.123 e. The molecule has 15 aromatic carbocycles. The minimum Gasteiger partial charge on any atom is -0.207 e. The van der Waals surface area contributed by atoms with Crippen molar-refractivity contribution in [1.29, 1.82) is 0 Å². The van der Waals surface area contributed by atoms with Crippen LogP contribution in [0.2, 0.25) is 0 Å². The molecule has 0 fully saturated rings. The Labute approximate surface area is 448 Å². The van der Waals surface area contributed by atoms with Gasteiger partial charge in [0.05, 0.1) is 0 Å². The molecule has 17 rings (SSSR count). The molecule has 0 unspecified atom stereocenters. The highest BCUT2D eigenvalue weighted by atomic mass is 19.1. The van der Waals surface area contributed by atoms with E-state index in [-0.39, 0.29) is 11.6 Å². The minimum absolute atomic E-state index is 0.243. The zero-order valence-corrected chi connectivity index (χ0v) is 42.0. The maximum absolute atomic E-state index is 14.3. The molecule has 0 spiro atoms. The van der Waals surface area contributed by atoms with Gasteiger partial charge in [-0.15, -0.1) is 0 Å². The molecule has 0 aromatic heterocycles. The molecule has 360 valence electrons. The molecular formula is C76H42F2. The molecule has 78 heavy (non-hydrogen) atoms. The van der Waals surface area contributed by atoms with Crippen LogP contribution < -0.4 is 0 Å². The molecule has 15 aromatic rings. The lowest BCUT2D eigenvalue weighted by molar-refractivity contribution is 0.627. The second kappa shape index (κ2) is 16.2. The Bertz CT molecular complexity index is 4710. The monoisotopic (exact) mass is 992 g/mol. The summed E-state index contributed by atoms with van der Waals surface area (Å²) in [5.74, 6) is -0.486.